The fourth-order valence-corrected chi connectivity index (χ4v) is 3.57. The van der Waals surface area contributed by atoms with Crippen LogP contribution in [0, 0.1) is 5.82 Å². The maximum Gasteiger partial charge on any atom is 0.329 e. The van der Waals surface area contributed by atoms with Crippen molar-refractivity contribution in [1.29, 1.82) is 0 Å². The van der Waals surface area contributed by atoms with E-state index >= 15 is 0 Å². The summed E-state index contributed by atoms with van der Waals surface area (Å²) in [7, 11) is 0. The highest BCUT2D eigenvalue weighted by Crippen LogP contribution is 2.47. The molecule has 0 aliphatic carbocycles. The van der Waals surface area contributed by atoms with Crippen molar-refractivity contribution in [2.75, 3.05) is 6.61 Å². The molecule has 4 N–H and O–H groups in total. The van der Waals surface area contributed by atoms with Crippen molar-refractivity contribution in [2.45, 2.75) is 29.3 Å². The number of thioether (sulfide) groups is 1. The van der Waals surface area contributed by atoms with E-state index < -0.39 is 46.0 Å². The van der Waals surface area contributed by atoms with E-state index in [1.165, 1.54) is 6.92 Å². The number of aromatic nitrogens is 2. The predicted octanol–water partition coefficient (Wildman–Crippen LogP) is -1.61. The van der Waals surface area contributed by atoms with Gasteiger partial charge >= 0.3 is 5.69 Å². The minimum absolute atomic E-state index is 0.404. The number of aromatic amines is 1. The fraction of sp³-hybridized carbons (Fsp3) is 0.600. The number of hydrogen-bond acceptors (Lipinski definition) is 6. The third-order valence-electron chi connectivity index (χ3n) is 3.11. The Morgan fingerprint density at radius 3 is 2.74 bits per heavy atom. The summed E-state index contributed by atoms with van der Waals surface area (Å²) in [6.07, 6.45) is -0.603. The fourth-order valence-electron chi connectivity index (χ4n) is 2.03. The number of nitrogens with one attached hydrogen (secondary N) is 1. The molecule has 0 aromatic carbocycles. The molecule has 106 valence electrons. The molecule has 1 aromatic heterocycles. The van der Waals surface area contributed by atoms with E-state index in [9.17, 15) is 24.2 Å². The lowest BCUT2D eigenvalue weighted by Gasteiger charge is -2.28. The molecule has 0 bridgehead atoms. The smallest absolute Gasteiger partial charge is 0.329 e. The summed E-state index contributed by atoms with van der Waals surface area (Å²) in [6, 6.07) is 0. The topological polar surface area (TPSA) is 116 Å². The van der Waals surface area contributed by atoms with Gasteiger partial charge in [0.25, 0.3) is 5.56 Å². The summed E-state index contributed by atoms with van der Waals surface area (Å²) in [4.78, 5) is 24.4. The van der Waals surface area contributed by atoms with Crippen molar-refractivity contribution in [2.24, 2.45) is 0 Å². The van der Waals surface area contributed by atoms with Crippen molar-refractivity contribution in [3.8, 4) is 0 Å². The van der Waals surface area contributed by atoms with Gasteiger partial charge in [-0.3, -0.25) is 14.3 Å². The van der Waals surface area contributed by atoms with Crippen LogP contribution in [0.15, 0.2) is 15.8 Å². The number of rotatable bonds is 2. The Morgan fingerprint density at radius 2 is 2.21 bits per heavy atom. The highest BCUT2D eigenvalue weighted by molar-refractivity contribution is 8.00. The molecule has 2 rings (SSSR count). The minimum Gasteiger partial charge on any atom is -0.395 e. The molecule has 0 amide bonds. The summed E-state index contributed by atoms with van der Waals surface area (Å²) in [5, 5.41) is 27.4. The second-order valence-corrected chi connectivity index (χ2v) is 5.85. The Kier molecular flexibility index (Phi) is 3.56. The number of halogens is 1. The van der Waals surface area contributed by atoms with Crippen molar-refractivity contribution in [3.05, 3.63) is 32.9 Å². The SMILES string of the molecule is C[C@@]1(O)[C@H](O)[C@@H](CO)S[C@H]1n1cc(F)c(=O)[nH]c1=O. The number of hydrogen-bond donors (Lipinski definition) is 4. The maximum absolute atomic E-state index is 13.2. The lowest BCUT2D eigenvalue weighted by Crippen LogP contribution is -2.47. The first-order valence-corrected chi connectivity index (χ1v) is 6.41. The van der Waals surface area contributed by atoms with E-state index in [4.69, 9.17) is 5.11 Å². The van der Waals surface area contributed by atoms with Crippen molar-refractivity contribution < 1.29 is 19.7 Å². The van der Waals surface area contributed by atoms with Gasteiger partial charge in [0, 0.05) is 0 Å². The van der Waals surface area contributed by atoms with Crippen LogP contribution < -0.4 is 11.2 Å². The zero-order valence-electron chi connectivity index (χ0n) is 9.91. The van der Waals surface area contributed by atoms with E-state index in [1.54, 1.807) is 4.98 Å². The van der Waals surface area contributed by atoms with Crippen LogP contribution in [0.2, 0.25) is 0 Å². The second-order valence-electron chi connectivity index (χ2n) is 4.52. The normalized spacial score (nSPS) is 34.7. The van der Waals surface area contributed by atoms with E-state index in [-0.39, 0.29) is 0 Å². The van der Waals surface area contributed by atoms with Gasteiger partial charge in [0.05, 0.1) is 24.2 Å². The summed E-state index contributed by atoms with van der Waals surface area (Å²) in [6.45, 7) is 0.875. The van der Waals surface area contributed by atoms with Gasteiger partial charge in [-0.15, -0.1) is 11.8 Å². The van der Waals surface area contributed by atoms with Gasteiger partial charge in [0.1, 0.15) is 11.0 Å². The molecule has 0 saturated carbocycles. The first kappa shape index (κ1) is 14.3. The highest BCUT2D eigenvalue weighted by Gasteiger charge is 2.52. The van der Waals surface area contributed by atoms with E-state index in [0.717, 1.165) is 16.3 Å². The molecular weight excluding hydrogens is 279 g/mol. The Bertz CT molecular complexity index is 598. The average Bonchev–Trinajstić information content (AvgIpc) is 2.56. The maximum atomic E-state index is 13.2. The van der Waals surface area contributed by atoms with Crippen LogP contribution in [-0.2, 0) is 0 Å². The molecule has 2 heterocycles. The largest absolute Gasteiger partial charge is 0.395 e. The molecule has 1 saturated heterocycles. The molecule has 0 unspecified atom stereocenters. The zero-order chi connectivity index (χ0) is 14.4. The van der Waals surface area contributed by atoms with Crippen molar-refractivity contribution in [3.63, 3.8) is 0 Å². The van der Waals surface area contributed by atoms with E-state index in [0.29, 0.717) is 6.20 Å². The van der Waals surface area contributed by atoms with Gasteiger partial charge in [-0.25, -0.2) is 4.79 Å². The van der Waals surface area contributed by atoms with Gasteiger partial charge in [-0.1, -0.05) is 0 Å². The third-order valence-corrected chi connectivity index (χ3v) is 4.83. The van der Waals surface area contributed by atoms with E-state index in [1.807, 2.05) is 0 Å². The van der Waals surface area contributed by atoms with Gasteiger partial charge in [0.15, 0.2) is 0 Å². The van der Waals surface area contributed by atoms with E-state index in [2.05, 4.69) is 0 Å². The lowest BCUT2D eigenvalue weighted by atomic mass is 9.96. The number of H-pyrrole nitrogens is 1. The third kappa shape index (κ3) is 2.22. The molecule has 1 fully saturated rings. The lowest BCUT2D eigenvalue weighted by molar-refractivity contribution is -0.0685. The molecule has 0 radical (unpaired) electrons. The molecule has 4 atom stereocenters. The summed E-state index contributed by atoms with van der Waals surface area (Å²) in [5.41, 5.74) is -3.79. The standard InChI is InChI=1S/C10H13FN2O5S/c1-10(18)6(15)5(3-14)19-8(10)13-2-4(11)7(16)12-9(13)17/h2,5-6,8,14-15,18H,3H2,1H3,(H,12,16,17)/t5-,6-,8-,10-/m1/s1. The van der Waals surface area contributed by atoms with Crippen molar-refractivity contribution >= 4 is 11.8 Å². The Hall–Kier alpha value is -1.16. The molecule has 1 aliphatic heterocycles. The number of aliphatic hydroxyl groups is 3. The monoisotopic (exact) mass is 292 g/mol. The Balaban J connectivity index is 2.51. The van der Waals surface area contributed by atoms with Crippen LogP contribution in [0.3, 0.4) is 0 Å². The molecule has 0 spiro atoms. The molecule has 7 nitrogen and oxygen atoms in total. The Morgan fingerprint density at radius 1 is 1.58 bits per heavy atom. The van der Waals surface area contributed by atoms with Crippen LogP contribution in [0.4, 0.5) is 4.39 Å². The first-order valence-electron chi connectivity index (χ1n) is 5.46. The number of nitrogens with zero attached hydrogens (tertiary/aromatic N) is 1. The zero-order valence-corrected chi connectivity index (χ0v) is 10.7. The summed E-state index contributed by atoms with van der Waals surface area (Å²) in [5.74, 6) is -1.17. The second kappa shape index (κ2) is 4.75. The molecule has 19 heavy (non-hydrogen) atoms. The van der Waals surface area contributed by atoms with Crippen molar-refractivity contribution in [1.82, 2.24) is 9.55 Å². The average molecular weight is 292 g/mol. The van der Waals surface area contributed by atoms with Crippen LogP contribution >= 0.6 is 11.8 Å². The molecule has 1 aromatic rings. The first-order chi connectivity index (χ1) is 8.78. The summed E-state index contributed by atoms with van der Waals surface area (Å²) < 4.78 is 14.0. The van der Waals surface area contributed by atoms with Gasteiger partial charge < -0.3 is 15.3 Å². The highest BCUT2D eigenvalue weighted by atomic mass is 32.2. The quantitative estimate of drug-likeness (QED) is 0.521. The molecular formula is C10H13FN2O5S. The van der Waals surface area contributed by atoms with Crippen LogP contribution in [0.5, 0.6) is 0 Å². The Labute approximate surface area is 110 Å². The molecule has 1 aliphatic rings. The van der Waals surface area contributed by atoms with Gasteiger partial charge in [-0.05, 0) is 6.92 Å². The van der Waals surface area contributed by atoms with Gasteiger partial charge in [0.2, 0.25) is 5.82 Å². The van der Waals surface area contributed by atoms with Crippen LogP contribution in [0.25, 0.3) is 0 Å². The van der Waals surface area contributed by atoms with Gasteiger partial charge in [-0.2, -0.15) is 4.39 Å². The van der Waals surface area contributed by atoms with Crippen LogP contribution in [0.1, 0.15) is 12.3 Å². The summed E-state index contributed by atoms with van der Waals surface area (Å²) >= 11 is 0.932. The predicted molar refractivity (Wildman–Crippen MR) is 65.4 cm³/mol. The number of aliphatic hydroxyl groups excluding tert-OH is 2. The minimum atomic E-state index is -1.74. The molecule has 9 heteroatoms. The van der Waals surface area contributed by atoms with Crippen LogP contribution in [-0.4, -0.2) is 48.4 Å².